The Labute approximate surface area is 113 Å². The van der Waals surface area contributed by atoms with E-state index in [1.807, 2.05) is 6.07 Å². The van der Waals surface area contributed by atoms with Crippen LogP contribution >= 0.6 is 0 Å². The van der Waals surface area contributed by atoms with Gasteiger partial charge in [-0.2, -0.15) is 10.4 Å². The normalized spacial score (nSPS) is 25.2. The first-order valence-corrected chi connectivity index (χ1v) is 5.81. The Morgan fingerprint density at radius 3 is 3.00 bits per heavy atom. The first-order chi connectivity index (χ1) is 9.62. The molecule has 0 aliphatic carbocycles. The molecule has 0 spiro atoms. The number of aliphatic hydroxyl groups excluding tert-OH is 2. The van der Waals surface area contributed by atoms with Gasteiger partial charge in [0.15, 0.2) is 5.82 Å². The molecule has 8 nitrogen and oxygen atoms in total. The molecule has 3 rings (SSSR count). The fraction of sp³-hybridized carbons (Fsp3) is 0.250. The van der Waals surface area contributed by atoms with Gasteiger partial charge >= 0.3 is 0 Å². The van der Waals surface area contributed by atoms with Crippen LogP contribution in [-0.4, -0.2) is 37.5 Å². The molecule has 0 fully saturated rings. The number of nitrogens with zero attached hydrogens (tertiary/aromatic N) is 4. The van der Waals surface area contributed by atoms with Gasteiger partial charge in [-0.3, -0.25) is 0 Å². The van der Waals surface area contributed by atoms with Crippen molar-refractivity contribution in [1.82, 2.24) is 14.6 Å². The lowest BCUT2D eigenvalue weighted by Gasteiger charge is -2.24. The summed E-state index contributed by atoms with van der Waals surface area (Å²) in [6.07, 6.45) is 1.33. The van der Waals surface area contributed by atoms with Crippen molar-refractivity contribution in [3.8, 4) is 6.07 Å². The van der Waals surface area contributed by atoms with Crippen molar-refractivity contribution in [3.63, 3.8) is 0 Å². The number of ether oxygens (including phenoxy) is 1. The molecule has 0 aromatic carbocycles. The molecule has 102 valence electrons. The van der Waals surface area contributed by atoms with Crippen LogP contribution in [0.25, 0.3) is 5.52 Å². The minimum Gasteiger partial charge on any atom is -0.465 e. The minimum absolute atomic E-state index is 0.135. The fourth-order valence-corrected chi connectivity index (χ4v) is 2.26. The molecule has 0 radical (unpaired) electrons. The van der Waals surface area contributed by atoms with Crippen molar-refractivity contribution in [2.75, 3.05) is 12.3 Å². The Kier molecular flexibility index (Phi) is 2.60. The van der Waals surface area contributed by atoms with E-state index in [4.69, 9.17) is 15.6 Å². The molecule has 8 heteroatoms. The molecular formula is C12H11N5O3. The molecule has 2 aromatic heterocycles. The molecule has 2 aromatic rings. The van der Waals surface area contributed by atoms with Gasteiger partial charge in [0.05, 0.1) is 0 Å². The Bertz CT molecular complexity index is 747. The molecule has 0 saturated heterocycles. The van der Waals surface area contributed by atoms with E-state index < -0.39 is 18.3 Å². The lowest BCUT2D eigenvalue weighted by Crippen LogP contribution is -2.37. The molecule has 1 aliphatic heterocycles. The summed E-state index contributed by atoms with van der Waals surface area (Å²) in [5.74, 6) is 0.387. The summed E-state index contributed by atoms with van der Waals surface area (Å²) in [4.78, 5) is 3.85. The molecule has 4 N–H and O–H groups in total. The summed E-state index contributed by atoms with van der Waals surface area (Å²) >= 11 is 0. The summed E-state index contributed by atoms with van der Waals surface area (Å²) in [5, 5.41) is 32.7. The number of nitrogen functional groups attached to an aromatic ring is 1. The highest BCUT2D eigenvalue weighted by molar-refractivity contribution is 5.66. The lowest BCUT2D eigenvalue weighted by molar-refractivity contribution is -0.0203. The van der Waals surface area contributed by atoms with Crippen molar-refractivity contribution in [2.24, 2.45) is 0 Å². The van der Waals surface area contributed by atoms with E-state index >= 15 is 0 Å². The van der Waals surface area contributed by atoms with E-state index in [9.17, 15) is 10.4 Å². The molecule has 0 bridgehead atoms. The molecule has 1 aliphatic rings. The van der Waals surface area contributed by atoms with Crippen molar-refractivity contribution in [3.05, 3.63) is 36.0 Å². The number of fused-ring (bicyclic) bond motifs is 1. The maximum absolute atomic E-state index is 10.1. The van der Waals surface area contributed by atoms with E-state index in [2.05, 4.69) is 10.1 Å². The monoisotopic (exact) mass is 273 g/mol. The van der Waals surface area contributed by atoms with Crippen molar-refractivity contribution >= 4 is 11.3 Å². The molecule has 0 saturated carbocycles. The third-order valence-electron chi connectivity index (χ3n) is 3.24. The minimum atomic E-state index is -1.66. The highest BCUT2D eigenvalue weighted by Crippen LogP contribution is 2.38. The van der Waals surface area contributed by atoms with E-state index in [0.717, 1.165) is 0 Å². The van der Waals surface area contributed by atoms with E-state index in [1.54, 1.807) is 12.1 Å². The molecule has 2 atom stereocenters. The van der Waals surface area contributed by atoms with Crippen LogP contribution in [-0.2, 0) is 10.3 Å². The SMILES string of the molecule is N#C[C@@]1(c2ccc3c(N)ncnn23)OC(CO)=CC1O. The third-order valence-corrected chi connectivity index (χ3v) is 3.24. The topological polar surface area (TPSA) is 130 Å². The van der Waals surface area contributed by atoms with Gasteiger partial charge in [-0.05, 0) is 18.2 Å². The maximum atomic E-state index is 10.1. The number of hydrogen-bond acceptors (Lipinski definition) is 7. The molecule has 20 heavy (non-hydrogen) atoms. The van der Waals surface area contributed by atoms with Gasteiger partial charge in [0, 0.05) is 0 Å². The predicted molar refractivity (Wildman–Crippen MR) is 67.0 cm³/mol. The summed E-state index contributed by atoms with van der Waals surface area (Å²) in [5.41, 5.74) is 4.89. The van der Waals surface area contributed by atoms with Crippen LogP contribution in [0.3, 0.4) is 0 Å². The quantitative estimate of drug-likeness (QED) is 0.659. The zero-order valence-corrected chi connectivity index (χ0v) is 10.3. The second kappa shape index (κ2) is 4.19. The Balaban J connectivity index is 2.20. The average Bonchev–Trinajstić information content (AvgIpc) is 3.01. The van der Waals surface area contributed by atoms with Crippen LogP contribution in [0.1, 0.15) is 5.69 Å². The fourth-order valence-electron chi connectivity index (χ4n) is 2.26. The second-order valence-electron chi connectivity index (χ2n) is 4.35. The number of nitrogens with two attached hydrogens (primary N) is 1. The van der Waals surface area contributed by atoms with Gasteiger partial charge in [-0.1, -0.05) is 0 Å². The Morgan fingerprint density at radius 1 is 1.55 bits per heavy atom. The Hall–Kier alpha value is -2.63. The predicted octanol–water partition coefficient (Wildman–Crippen LogP) is -0.702. The van der Waals surface area contributed by atoms with Crippen molar-refractivity contribution in [2.45, 2.75) is 11.7 Å². The summed E-state index contributed by atoms with van der Waals surface area (Å²) < 4.78 is 6.82. The molecule has 1 unspecified atom stereocenters. The lowest BCUT2D eigenvalue weighted by atomic mass is 9.96. The van der Waals surface area contributed by atoms with Crippen LogP contribution in [0.4, 0.5) is 5.82 Å². The van der Waals surface area contributed by atoms with Gasteiger partial charge in [0.1, 0.15) is 42.1 Å². The first kappa shape index (κ1) is 12.4. The number of nitriles is 1. The number of rotatable bonds is 2. The first-order valence-electron chi connectivity index (χ1n) is 5.81. The summed E-state index contributed by atoms with van der Waals surface area (Å²) in [7, 11) is 0. The molecular weight excluding hydrogens is 262 g/mol. The standard InChI is InChI=1S/C12H11N5O3/c13-5-12(10(19)3-7(4-18)20-12)9-2-1-8-11(14)15-6-16-17(8)9/h1-3,6,10,18-19H,4H2,(H2,14,15,16)/t10?,12-/m0/s1. The van der Waals surface area contributed by atoms with Gasteiger partial charge in [-0.15, -0.1) is 0 Å². The summed E-state index contributed by atoms with van der Waals surface area (Å²) in [6.45, 7) is -0.402. The smallest absolute Gasteiger partial charge is 0.264 e. The maximum Gasteiger partial charge on any atom is 0.264 e. The number of anilines is 1. The third kappa shape index (κ3) is 1.48. The van der Waals surface area contributed by atoms with Crippen LogP contribution in [0.15, 0.2) is 30.3 Å². The Morgan fingerprint density at radius 2 is 2.35 bits per heavy atom. The van der Waals surface area contributed by atoms with Gasteiger partial charge in [0.25, 0.3) is 5.60 Å². The van der Waals surface area contributed by atoms with Crippen LogP contribution in [0.2, 0.25) is 0 Å². The van der Waals surface area contributed by atoms with Gasteiger partial charge < -0.3 is 20.7 Å². The highest BCUT2D eigenvalue weighted by atomic mass is 16.5. The number of hydrogen-bond donors (Lipinski definition) is 3. The van der Waals surface area contributed by atoms with Crippen LogP contribution < -0.4 is 5.73 Å². The highest BCUT2D eigenvalue weighted by Gasteiger charge is 2.49. The average molecular weight is 273 g/mol. The van der Waals surface area contributed by atoms with Crippen LogP contribution in [0.5, 0.6) is 0 Å². The van der Waals surface area contributed by atoms with E-state index in [-0.39, 0.29) is 11.6 Å². The van der Waals surface area contributed by atoms with E-state index in [1.165, 1.54) is 16.9 Å². The van der Waals surface area contributed by atoms with Crippen molar-refractivity contribution < 1.29 is 14.9 Å². The van der Waals surface area contributed by atoms with E-state index in [0.29, 0.717) is 11.2 Å². The largest absolute Gasteiger partial charge is 0.465 e. The van der Waals surface area contributed by atoms with Gasteiger partial charge in [0.2, 0.25) is 0 Å². The van der Waals surface area contributed by atoms with Crippen molar-refractivity contribution in [1.29, 1.82) is 5.26 Å². The summed E-state index contributed by atoms with van der Waals surface area (Å²) in [6, 6.07) is 5.17. The zero-order valence-electron chi connectivity index (χ0n) is 10.3. The van der Waals surface area contributed by atoms with Crippen LogP contribution in [0, 0.1) is 11.3 Å². The zero-order chi connectivity index (χ0) is 14.3. The second-order valence-corrected chi connectivity index (χ2v) is 4.35. The number of aliphatic hydroxyl groups is 2. The van der Waals surface area contributed by atoms with Gasteiger partial charge in [-0.25, -0.2) is 9.50 Å². The number of aromatic nitrogens is 3. The molecule has 0 amide bonds. The molecule has 3 heterocycles.